The van der Waals surface area contributed by atoms with Crippen molar-refractivity contribution in [2.75, 3.05) is 7.11 Å². The van der Waals surface area contributed by atoms with Crippen molar-refractivity contribution in [3.8, 4) is 11.5 Å². The first-order valence-electron chi connectivity index (χ1n) is 10.3. The Kier molecular flexibility index (Phi) is 7.15. The maximum atomic E-state index is 13.5. The number of thiophene rings is 1. The molecule has 2 aromatic heterocycles. The van der Waals surface area contributed by atoms with Crippen LogP contribution in [0.5, 0.6) is 11.5 Å². The Morgan fingerprint density at radius 3 is 2.69 bits per heavy atom. The second-order valence-electron chi connectivity index (χ2n) is 7.23. The standard InChI is InChI=1S/C26H24N2O3S/c1-30-25-12-3-2-8-22(25)17-28(18-24-11-6-14-32-24)26(29)21-9-4-10-23(15-21)31-19-20-7-5-13-27-16-20/h2-16H,17-19H2,1H3. The maximum absolute atomic E-state index is 13.5. The van der Waals surface area contributed by atoms with E-state index in [4.69, 9.17) is 9.47 Å². The topological polar surface area (TPSA) is 51.7 Å². The highest BCUT2D eigenvalue weighted by atomic mass is 32.1. The van der Waals surface area contributed by atoms with Crippen molar-refractivity contribution in [2.24, 2.45) is 0 Å². The summed E-state index contributed by atoms with van der Waals surface area (Å²) in [6.45, 7) is 1.36. The van der Waals surface area contributed by atoms with Gasteiger partial charge in [0.15, 0.2) is 0 Å². The highest BCUT2D eigenvalue weighted by Gasteiger charge is 2.19. The molecule has 32 heavy (non-hydrogen) atoms. The van der Waals surface area contributed by atoms with Gasteiger partial charge < -0.3 is 14.4 Å². The first-order valence-corrected chi connectivity index (χ1v) is 11.2. The van der Waals surface area contributed by atoms with Crippen LogP contribution in [0.15, 0.2) is 90.6 Å². The molecule has 4 aromatic rings. The molecule has 0 aliphatic carbocycles. The van der Waals surface area contributed by atoms with Crippen LogP contribution >= 0.6 is 11.3 Å². The van der Waals surface area contributed by atoms with Crippen LogP contribution in [0.1, 0.15) is 26.4 Å². The van der Waals surface area contributed by atoms with Crippen LogP contribution in [-0.4, -0.2) is 22.9 Å². The summed E-state index contributed by atoms with van der Waals surface area (Å²) in [6.07, 6.45) is 3.50. The summed E-state index contributed by atoms with van der Waals surface area (Å²) in [5.41, 5.74) is 2.52. The minimum Gasteiger partial charge on any atom is -0.496 e. The van der Waals surface area contributed by atoms with Crippen molar-refractivity contribution in [1.29, 1.82) is 0 Å². The van der Waals surface area contributed by atoms with E-state index in [1.54, 1.807) is 36.9 Å². The Morgan fingerprint density at radius 2 is 1.91 bits per heavy atom. The number of amides is 1. The van der Waals surface area contributed by atoms with Crippen molar-refractivity contribution >= 4 is 17.2 Å². The van der Waals surface area contributed by atoms with Crippen molar-refractivity contribution in [2.45, 2.75) is 19.7 Å². The molecule has 1 amide bonds. The van der Waals surface area contributed by atoms with Crippen molar-refractivity contribution in [3.05, 3.63) is 112 Å². The number of carbonyl (C=O) groups excluding carboxylic acids is 1. The van der Waals surface area contributed by atoms with Gasteiger partial charge >= 0.3 is 0 Å². The van der Waals surface area contributed by atoms with E-state index in [1.807, 2.05) is 77.0 Å². The lowest BCUT2D eigenvalue weighted by atomic mass is 10.1. The Labute approximate surface area is 191 Å². The lowest BCUT2D eigenvalue weighted by Gasteiger charge is -2.23. The number of carbonyl (C=O) groups is 1. The Bertz CT molecular complexity index is 1150. The number of hydrogen-bond donors (Lipinski definition) is 0. The van der Waals surface area contributed by atoms with E-state index in [0.29, 0.717) is 31.0 Å². The van der Waals surface area contributed by atoms with E-state index in [1.165, 1.54) is 0 Å². The van der Waals surface area contributed by atoms with Gasteiger partial charge in [0.2, 0.25) is 0 Å². The summed E-state index contributed by atoms with van der Waals surface area (Å²) in [4.78, 5) is 20.6. The van der Waals surface area contributed by atoms with Gasteiger partial charge in [0, 0.05) is 34.0 Å². The minimum atomic E-state index is -0.0591. The van der Waals surface area contributed by atoms with Gasteiger partial charge in [-0.1, -0.05) is 36.4 Å². The van der Waals surface area contributed by atoms with Gasteiger partial charge in [0.05, 0.1) is 20.2 Å². The molecule has 0 aliphatic heterocycles. The summed E-state index contributed by atoms with van der Waals surface area (Å²) in [7, 11) is 1.65. The van der Waals surface area contributed by atoms with Crippen molar-refractivity contribution in [3.63, 3.8) is 0 Å². The van der Waals surface area contributed by atoms with Crippen LogP contribution in [0.3, 0.4) is 0 Å². The summed E-state index contributed by atoms with van der Waals surface area (Å²) >= 11 is 1.64. The Balaban J connectivity index is 1.54. The molecule has 162 valence electrons. The number of methoxy groups -OCH3 is 1. The van der Waals surface area contributed by atoms with Gasteiger partial charge in [-0.25, -0.2) is 0 Å². The smallest absolute Gasteiger partial charge is 0.254 e. The zero-order valence-corrected chi connectivity index (χ0v) is 18.6. The molecule has 0 saturated carbocycles. The zero-order chi connectivity index (χ0) is 22.2. The molecular weight excluding hydrogens is 420 g/mol. The van der Waals surface area contributed by atoms with Crippen LogP contribution in [-0.2, 0) is 19.7 Å². The fraction of sp³-hybridized carbons (Fsp3) is 0.154. The molecule has 6 heteroatoms. The highest BCUT2D eigenvalue weighted by Crippen LogP contribution is 2.24. The summed E-state index contributed by atoms with van der Waals surface area (Å²) in [5.74, 6) is 1.36. The monoisotopic (exact) mass is 444 g/mol. The molecule has 2 aromatic carbocycles. The predicted molar refractivity (Wildman–Crippen MR) is 126 cm³/mol. The molecule has 0 radical (unpaired) electrons. The normalized spacial score (nSPS) is 10.5. The third kappa shape index (κ3) is 5.53. The molecule has 2 heterocycles. The molecule has 0 aliphatic rings. The fourth-order valence-corrected chi connectivity index (χ4v) is 4.10. The van der Waals surface area contributed by atoms with Crippen molar-refractivity contribution in [1.82, 2.24) is 9.88 Å². The largest absolute Gasteiger partial charge is 0.496 e. The maximum Gasteiger partial charge on any atom is 0.254 e. The lowest BCUT2D eigenvalue weighted by Crippen LogP contribution is -2.30. The molecule has 0 atom stereocenters. The number of pyridine rings is 1. The number of aromatic nitrogens is 1. The van der Waals surface area contributed by atoms with Gasteiger partial charge in [0.1, 0.15) is 18.1 Å². The second kappa shape index (κ2) is 10.6. The molecule has 0 bridgehead atoms. The Hall–Kier alpha value is -3.64. The molecule has 0 fully saturated rings. The van der Waals surface area contributed by atoms with Gasteiger partial charge in [-0.2, -0.15) is 0 Å². The number of hydrogen-bond acceptors (Lipinski definition) is 5. The van der Waals surface area contributed by atoms with Crippen LogP contribution in [0.25, 0.3) is 0 Å². The average molecular weight is 445 g/mol. The third-order valence-electron chi connectivity index (χ3n) is 4.98. The van der Waals surface area contributed by atoms with E-state index in [0.717, 1.165) is 21.8 Å². The van der Waals surface area contributed by atoms with Gasteiger partial charge in [0.25, 0.3) is 5.91 Å². The van der Waals surface area contributed by atoms with E-state index in [9.17, 15) is 4.79 Å². The number of ether oxygens (including phenoxy) is 2. The molecule has 0 unspecified atom stereocenters. The molecule has 0 spiro atoms. The molecule has 5 nitrogen and oxygen atoms in total. The molecule has 4 rings (SSSR count). The second-order valence-corrected chi connectivity index (χ2v) is 8.26. The fourth-order valence-electron chi connectivity index (χ4n) is 3.38. The Morgan fingerprint density at radius 1 is 1.00 bits per heavy atom. The van der Waals surface area contributed by atoms with E-state index >= 15 is 0 Å². The number of rotatable bonds is 9. The first kappa shape index (κ1) is 21.6. The van der Waals surface area contributed by atoms with Gasteiger partial charge in [-0.15, -0.1) is 11.3 Å². The summed E-state index contributed by atoms with van der Waals surface area (Å²) < 4.78 is 11.4. The SMILES string of the molecule is COc1ccccc1CN(Cc1cccs1)C(=O)c1cccc(OCc2cccnc2)c1. The zero-order valence-electron chi connectivity index (χ0n) is 17.8. The van der Waals surface area contributed by atoms with E-state index in [2.05, 4.69) is 4.98 Å². The summed E-state index contributed by atoms with van der Waals surface area (Å²) in [5, 5.41) is 2.02. The van der Waals surface area contributed by atoms with Crippen LogP contribution in [0.4, 0.5) is 0 Å². The number of para-hydroxylation sites is 1. The minimum absolute atomic E-state index is 0.0591. The lowest BCUT2D eigenvalue weighted by molar-refractivity contribution is 0.0730. The van der Waals surface area contributed by atoms with E-state index < -0.39 is 0 Å². The van der Waals surface area contributed by atoms with Crippen molar-refractivity contribution < 1.29 is 14.3 Å². The van der Waals surface area contributed by atoms with Crippen LogP contribution < -0.4 is 9.47 Å². The average Bonchev–Trinajstić information content (AvgIpc) is 3.36. The van der Waals surface area contributed by atoms with Gasteiger partial charge in [-0.3, -0.25) is 9.78 Å². The number of benzene rings is 2. The van der Waals surface area contributed by atoms with E-state index in [-0.39, 0.29) is 5.91 Å². The molecular formula is C26H24N2O3S. The first-order chi connectivity index (χ1) is 15.7. The summed E-state index contributed by atoms with van der Waals surface area (Å²) in [6, 6.07) is 23.0. The quantitative estimate of drug-likeness (QED) is 0.338. The highest BCUT2D eigenvalue weighted by molar-refractivity contribution is 7.09. The van der Waals surface area contributed by atoms with Crippen LogP contribution in [0, 0.1) is 0 Å². The van der Waals surface area contributed by atoms with Gasteiger partial charge in [-0.05, 0) is 41.8 Å². The molecule has 0 N–H and O–H groups in total. The van der Waals surface area contributed by atoms with Crippen LogP contribution in [0.2, 0.25) is 0 Å². The predicted octanol–water partition coefficient (Wildman–Crippen LogP) is 5.57. The number of nitrogens with zero attached hydrogens (tertiary/aromatic N) is 2. The third-order valence-corrected chi connectivity index (χ3v) is 5.84. The molecule has 0 saturated heterocycles.